The Labute approximate surface area is 258 Å². The molecule has 1 aromatic carbocycles. The van der Waals surface area contributed by atoms with Gasteiger partial charge in [0.1, 0.15) is 11.4 Å². The average Bonchev–Trinajstić information content (AvgIpc) is 3.72. The molecule has 1 N–H and O–H groups in total. The molecule has 1 saturated carbocycles. The van der Waals surface area contributed by atoms with Crippen LogP contribution < -0.4 is 4.43 Å². The third-order valence-corrected chi connectivity index (χ3v) is 16.4. The number of carbonyl (C=O) groups is 1. The Morgan fingerprint density at radius 1 is 1.09 bits per heavy atom. The van der Waals surface area contributed by atoms with Gasteiger partial charge in [-0.1, -0.05) is 53.7 Å². The van der Waals surface area contributed by atoms with Gasteiger partial charge in [-0.15, -0.1) is 0 Å². The summed E-state index contributed by atoms with van der Waals surface area (Å²) in [4.78, 5) is 16.0. The largest absolute Gasteiger partial charge is 0.541 e. The van der Waals surface area contributed by atoms with Gasteiger partial charge in [0.25, 0.3) is 8.32 Å². The monoisotopic (exact) mass is 628 g/mol. The third-order valence-electron chi connectivity index (χ3n) is 9.70. The van der Waals surface area contributed by atoms with E-state index >= 15 is 0 Å². The van der Waals surface area contributed by atoms with Crippen molar-refractivity contribution in [2.24, 2.45) is 0 Å². The second kappa shape index (κ2) is 12.0. The van der Waals surface area contributed by atoms with Crippen molar-refractivity contribution in [3.05, 3.63) is 52.2 Å². The van der Waals surface area contributed by atoms with Gasteiger partial charge in [0.15, 0.2) is 9.84 Å². The van der Waals surface area contributed by atoms with Gasteiger partial charge < -0.3 is 9.53 Å². The van der Waals surface area contributed by atoms with Crippen molar-refractivity contribution in [3.63, 3.8) is 0 Å². The fourth-order valence-electron chi connectivity index (χ4n) is 7.62. The van der Waals surface area contributed by atoms with E-state index in [1.54, 1.807) is 6.08 Å². The number of hydrogen-bond donors (Lipinski definition) is 1. The number of aromatic nitrogens is 2. The van der Waals surface area contributed by atoms with E-state index < -0.39 is 24.2 Å². The van der Waals surface area contributed by atoms with Gasteiger partial charge in [-0.25, -0.2) is 17.9 Å². The van der Waals surface area contributed by atoms with Gasteiger partial charge in [-0.05, 0) is 53.1 Å². The van der Waals surface area contributed by atoms with Crippen molar-refractivity contribution in [2.45, 2.75) is 95.8 Å². The summed E-state index contributed by atoms with van der Waals surface area (Å²) in [6.07, 6.45) is 5.53. The normalized spacial score (nSPS) is 19.9. The molecule has 2 aliphatic heterocycles. The second-order valence-electron chi connectivity index (χ2n) is 13.6. The summed E-state index contributed by atoms with van der Waals surface area (Å²) in [5.74, 6) is 1.50. The Morgan fingerprint density at radius 3 is 2.35 bits per heavy atom. The molecular weight excluding hydrogens is 581 g/mol. The molecule has 2 aromatic rings. The molecule has 0 saturated heterocycles. The van der Waals surface area contributed by atoms with Gasteiger partial charge in [0, 0.05) is 56.2 Å². The van der Waals surface area contributed by atoms with E-state index in [-0.39, 0.29) is 6.04 Å². The number of nitrogens with zero attached hydrogens (tertiary/aromatic N) is 4. The first-order chi connectivity index (χ1) is 20.2. The van der Waals surface area contributed by atoms with E-state index in [4.69, 9.17) is 9.52 Å². The number of hydrogen-bond acceptors (Lipinski definition) is 6. The van der Waals surface area contributed by atoms with Crippen molar-refractivity contribution >= 4 is 24.2 Å². The minimum Gasteiger partial charge on any atom is -0.541 e. The summed E-state index contributed by atoms with van der Waals surface area (Å²) in [7, 11) is -5.49. The summed E-state index contributed by atoms with van der Waals surface area (Å²) < 4.78 is 32.7. The highest BCUT2D eigenvalue weighted by molar-refractivity contribution is 7.93. The first-order valence-corrected chi connectivity index (χ1v) is 19.8. The topological polar surface area (TPSA) is 105 Å². The molecular formula is C32H48N4O5SSi. The van der Waals surface area contributed by atoms with E-state index in [9.17, 15) is 18.3 Å². The van der Waals surface area contributed by atoms with Gasteiger partial charge in [-0.2, -0.15) is 5.10 Å². The van der Waals surface area contributed by atoms with E-state index in [2.05, 4.69) is 69.3 Å². The SMILES string of the molecule is CC(C)[Si](Oc1cc(C2CC2)ccc1-n1nc2c3c1CCN(C(=O)O)C3CN(C/C=C/S(C)(=O)=O)CC2)(C(C)C)C(C)C. The van der Waals surface area contributed by atoms with Crippen LogP contribution >= 0.6 is 0 Å². The van der Waals surface area contributed by atoms with Crippen LogP contribution in [-0.4, -0.2) is 80.0 Å². The van der Waals surface area contributed by atoms with Crippen molar-refractivity contribution in [1.29, 1.82) is 0 Å². The molecule has 1 aliphatic carbocycles. The smallest absolute Gasteiger partial charge is 0.407 e. The predicted octanol–water partition coefficient (Wildman–Crippen LogP) is 6.30. The summed E-state index contributed by atoms with van der Waals surface area (Å²) in [5.41, 5.74) is 6.52. The van der Waals surface area contributed by atoms with E-state index in [1.165, 1.54) is 35.0 Å². The fourth-order valence-corrected chi connectivity index (χ4v) is 13.3. The molecule has 1 aromatic heterocycles. The quantitative estimate of drug-likeness (QED) is 0.308. The van der Waals surface area contributed by atoms with Crippen molar-refractivity contribution < 1.29 is 22.7 Å². The van der Waals surface area contributed by atoms with Crippen LogP contribution in [0, 0.1) is 0 Å². The second-order valence-corrected chi connectivity index (χ2v) is 20.9. The van der Waals surface area contributed by atoms with Crippen molar-refractivity contribution in [3.8, 4) is 11.4 Å². The molecule has 0 radical (unpaired) electrons. The molecule has 3 aliphatic rings. The number of carboxylic acid groups (broad SMARTS) is 1. The van der Waals surface area contributed by atoms with E-state index in [0.717, 1.165) is 28.4 Å². The number of benzene rings is 1. The maximum Gasteiger partial charge on any atom is 0.407 e. The van der Waals surface area contributed by atoms with Gasteiger partial charge in [0.05, 0.1) is 17.4 Å². The molecule has 236 valence electrons. The fraction of sp³-hybridized carbons (Fsp3) is 0.625. The molecule has 1 amide bonds. The van der Waals surface area contributed by atoms with Gasteiger partial charge in [0.2, 0.25) is 0 Å². The molecule has 1 fully saturated rings. The molecule has 9 nitrogen and oxygen atoms in total. The lowest BCUT2D eigenvalue weighted by molar-refractivity contribution is 0.105. The summed E-state index contributed by atoms with van der Waals surface area (Å²) in [6, 6.07) is 6.29. The lowest BCUT2D eigenvalue weighted by atomic mass is 9.96. The number of sulfone groups is 1. The Balaban J connectivity index is 1.59. The van der Waals surface area contributed by atoms with Crippen LogP contribution in [0.1, 0.15) is 88.9 Å². The maximum absolute atomic E-state index is 12.4. The maximum atomic E-state index is 12.4. The molecule has 3 heterocycles. The zero-order valence-electron chi connectivity index (χ0n) is 26.7. The number of rotatable bonds is 10. The molecule has 0 spiro atoms. The Hall–Kier alpha value is -2.63. The summed E-state index contributed by atoms with van der Waals surface area (Å²) in [6.45, 7) is 15.8. The van der Waals surface area contributed by atoms with Crippen LogP contribution in [-0.2, 0) is 22.7 Å². The van der Waals surface area contributed by atoms with E-state index in [0.29, 0.717) is 61.6 Å². The third kappa shape index (κ3) is 6.31. The van der Waals surface area contributed by atoms with Crippen LogP contribution in [0.15, 0.2) is 29.7 Å². The first-order valence-electron chi connectivity index (χ1n) is 15.7. The lowest BCUT2D eigenvalue weighted by Crippen LogP contribution is -2.51. The van der Waals surface area contributed by atoms with Gasteiger partial charge >= 0.3 is 6.09 Å². The summed E-state index contributed by atoms with van der Waals surface area (Å²) in [5, 5.41) is 16.6. The number of amides is 1. The van der Waals surface area contributed by atoms with Crippen LogP contribution in [0.4, 0.5) is 4.79 Å². The molecule has 11 heteroatoms. The first kappa shape index (κ1) is 31.8. The summed E-state index contributed by atoms with van der Waals surface area (Å²) >= 11 is 0. The minimum absolute atomic E-state index is 0.371. The van der Waals surface area contributed by atoms with Crippen molar-refractivity contribution in [1.82, 2.24) is 19.6 Å². The standard InChI is InChI=1S/C32H48N4O5SSi/c1-21(2)43(22(3)4,23(5)6)41-30-19-25(24-9-10-24)11-12-27(30)36-28-14-17-35(32(37)38)29-20-34(15-8-18-42(7,39)40)16-13-26(33-36)31(28)29/h8,11-12,18-19,21-24,29H,9-10,13-17,20H2,1-7H3,(H,37,38)/b18-8+. The lowest BCUT2D eigenvalue weighted by Gasteiger charge is -2.42. The van der Waals surface area contributed by atoms with Crippen molar-refractivity contribution in [2.75, 3.05) is 32.4 Å². The zero-order valence-corrected chi connectivity index (χ0v) is 28.5. The molecule has 1 atom stereocenters. The Bertz CT molecular complexity index is 1470. The highest BCUT2D eigenvalue weighted by atomic mass is 32.2. The molecule has 1 unspecified atom stereocenters. The minimum atomic E-state index is -3.23. The van der Waals surface area contributed by atoms with Crippen LogP contribution in [0.2, 0.25) is 16.6 Å². The van der Waals surface area contributed by atoms with Crippen LogP contribution in [0.25, 0.3) is 5.69 Å². The Kier molecular flexibility index (Phi) is 8.90. The Morgan fingerprint density at radius 2 is 1.77 bits per heavy atom. The highest BCUT2D eigenvalue weighted by Gasteiger charge is 2.48. The predicted molar refractivity (Wildman–Crippen MR) is 173 cm³/mol. The molecule has 0 bridgehead atoms. The molecule has 5 rings (SSSR count). The molecule has 43 heavy (non-hydrogen) atoms. The van der Waals surface area contributed by atoms with Gasteiger partial charge in [-0.3, -0.25) is 9.80 Å². The average molecular weight is 629 g/mol. The zero-order chi connectivity index (χ0) is 31.3. The van der Waals surface area contributed by atoms with Crippen LogP contribution in [0.5, 0.6) is 5.75 Å². The highest BCUT2D eigenvalue weighted by Crippen LogP contribution is 2.47. The van der Waals surface area contributed by atoms with E-state index in [1.807, 2.05) is 0 Å². The van der Waals surface area contributed by atoms with Crippen LogP contribution in [0.3, 0.4) is 0 Å².